The highest BCUT2D eigenvalue weighted by molar-refractivity contribution is 6.45. The van der Waals surface area contributed by atoms with Crippen molar-refractivity contribution in [1.82, 2.24) is 39.4 Å². The summed E-state index contributed by atoms with van der Waals surface area (Å²) >= 11 is 0. The van der Waals surface area contributed by atoms with E-state index in [1.807, 2.05) is 243 Å². The molecule has 0 saturated heterocycles. The van der Waals surface area contributed by atoms with E-state index < -0.39 is 132 Å². The van der Waals surface area contributed by atoms with Gasteiger partial charge in [-0.05, 0) is 146 Å². The number of benzene rings is 8. The number of aldehydes is 1. The van der Waals surface area contributed by atoms with Crippen LogP contribution < -0.4 is 72.1 Å². The highest BCUT2D eigenvalue weighted by Gasteiger charge is 2.31. The van der Waals surface area contributed by atoms with Crippen LogP contribution in [0.15, 0.2) is 345 Å². The number of halogens is 4. The van der Waals surface area contributed by atoms with Gasteiger partial charge in [0.15, 0.2) is 5.96 Å². The Bertz CT molecular complexity index is 6140. The van der Waals surface area contributed by atoms with Gasteiger partial charge >= 0.3 is 43.1 Å². The van der Waals surface area contributed by atoms with Gasteiger partial charge in [-0.15, -0.1) is 12.4 Å². The number of esters is 3. The lowest BCUT2D eigenvalue weighted by Crippen LogP contribution is -2.45. The third kappa shape index (κ3) is 34.8. The Balaban J connectivity index is 0.000000271. The average Bonchev–Trinajstić information content (AvgIpc) is 0.857. The van der Waals surface area contributed by atoms with Gasteiger partial charge in [0.05, 0.1) is 51.3 Å². The van der Waals surface area contributed by atoms with Gasteiger partial charge in [0.25, 0.3) is 40.0 Å². The summed E-state index contributed by atoms with van der Waals surface area (Å²) < 4.78 is 51.2. The summed E-state index contributed by atoms with van der Waals surface area (Å²) in [7, 11) is 3.19. The summed E-state index contributed by atoms with van der Waals surface area (Å²) in [6.45, 7) is 4.16. The minimum atomic E-state index is -4.64. The molecule has 39 heteroatoms. The molecule has 0 spiro atoms. The van der Waals surface area contributed by atoms with E-state index in [2.05, 4.69) is 35.9 Å². The van der Waals surface area contributed by atoms with Crippen LogP contribution in [0.3, 0.4) is 0 Å². The number of aliphatic imine (C=N–C) groups is 2. The van der Waals surface area contributed by atoms with Crippen molar-refractivity contribution >= 4 is 85.1 Å². The Kier molecular flexibility index (Phi) is 46.8. The number of hydrogen-bond donors (Lipinski definition) is 12. The van der Waals surface area contributed by atoms with E-state index in [1.165, 1.54) is 63.9 Å². The van der Waals surface area contributed by atoms with E-state index >= 15 is 0 Å². The van der Waals surface area contributed by atoms with Gasteiger partial charge < -0.3 is 97.6 Å². The highest BCUT2D eigenvalue weighted by Crippen LogP contribution is 2.30. The molecule has 734 valence electrons. The number of hydrogen-bond acceptors (Lipinski definition) is 22. The maximum atomic E-state index is 13.5. The number of aromatic carboxylic acids is 1. The number of carboxylic acid groups (broad SMARTS) is 2. The SMILES string of the molecule is COC(=O)[C@@H](N)CCNB(C)O.COC(=O)[C@H](CCN)NC(=O)c1cccn(C(c2ccccc2)c2ccccc2)c1=O.COC(=O)[C@H](CCN=C(C)N)NC(=O)c1cccn(C(c2ccccc2)c2ccccc2)c1=O.Cl.NC(N)=NCC[C@H](NC(=O)c1cccn(C(c2ccccc2)c2ccccc2)c1=O)C(=O)O.O=C(O)c1cccn(C(c2ccccc2)c2ccccc2)c1=O.O=CC(F)(F)F. The van der Waals surface area contributed by atoms with Gasteiger partial charge in [-0.25, -0.2) is 19.2 Å². The molecule has 0 unspecified atom stereocenters. The number of nitrogens with two attached hydrogens (primary N) is 5. The first-order valence-corrected chi connectivity index (χ1v) is 43.3. The number of amides is 3. The van der Waals surface area contributed by atoms with Crippen molar-refractivity contribution in [3.05, 3.63) is 424 Å². The lowest BCUT2D eigenvalue weighted by atomic mass is 9.89. The van der Waals surface area contributed by atoms with Crippen molar-refractivity contribution in [3.8, 4) is 0 Å². The van der Waals surface area contributed by atoms with Gasteiger partial charge in [-0.3, -0.25) is 53.1 Å². The fraction of sp³-hybridized carbons (Fsp3) is 0.218. The number of ether oxygens (including phenoxy) is 3. The first-order chi connectivity index (χ1) is 66.7. The van der Waals surface area contributed by atoms with Crippen LogP contribution in [0.1, 0.15) is 143 Å². The number of methoxy groups -OCH3 is 3. The van der Waals surface area contributed by atoms with Crippen LogP contribution in [0.5, 0.6) is 0 Å². The number of rotatable bonds is 35. The molecule has 4 heterocycles. The van der Waals surface area contributed by atoms with Crippen molar-refractivity contribution in [2.45, 2.75) is 93.9 Å². The predicted octanol–water partition coefficient (Wildman–Crippen LogP) is 8.89. The zero-order chi connectivity index (χ0) is 102. The van der Waals surface area contributed by atoms with Crippen molar-refractivity contribution in [1.29, 1.82) is 0 Å². The van der Waals surface area contributed by atoms with E-state index in [0.29, 0.717) is 18.8 Å². The lowest BCUT2D eigenvalue weighted by Gasteiger charge is -2.22. The molecule has 0 bridgehead atoms. The predicted molar refractivity (Wildman–Crippen MR) is 527 cm³/mol. The van der Waals surface area contributed by atoms with E-state index in [1.54, 1.807) is 62.8 Å². The molecule has 4 atom stereocenters. The van der Waals surface area contributed by atoms with Crippen molar-refractivity contribution in [3.63, 3.8) is 0 Å². The second-order valence-electron chi connectivity index (χ2n) is 30.4. The van der Waals surface area contributed by atoms with Gasteiger partial charge in [-0.2, -0.15) is 13.2 Å². The van der Waals surface area contributed by atoms with Crippen LogP contribution in [0.2, 0.25) is 6.82 Å². The van der Waals surface area contributed by atoms with Gasteiger partial charge in [0.2, 0.25) is 6.29 Å². The molecule has 12 aromatic rings. The summed E-state index contributed by atoms with van der Waals surface area (Å²) in [4.78, 5) is 166. The number of guanidine groups is 1. The molecule has 4 aromatic heterocycles. The summed E-state index contributed by atoms with van der Waals surface area (Å²) in [5, 5.41) is 37.7. The molecule has 34 nitrogen and oxygen atoms in total. The van der Waals surface area contributed by atoms with Crippen LogP contribution in [0.25, 0.3) is 0 Å². The Morgan fingerprint density at radius 1 is 0.407 bits per heavy atom. The number of carboxylic acids is 2. The fourth-order valence-corrected chi connectivity index (χ4v) is 14.0. The zero-order valence-corrected chi connectivity index (χ0v) is 77.8. The number of nitrogens with one attached hydrogen (secondary N) is 4. The van der Waals surface area contributed by atoms with Crippen LogP contribution in [-0.2, 0) is 38.2 Å². The summed E-state index contributed by atoms with van der Waals surface area (Å²) in [6.07, 6.45) is 1.65. The number of amidine groups is 1. The zero-order valence-electron chi connectivity index (χ0n) is 76.9. The standard InChI is InChI=1S/C26H28N4O4.C24H25N5O4.C24H25N3O4.C19H15NO3.C6H15BN2O3.C2HF3O.ClH/c1-18(27)28-16-15-22(26(33)34-2)29-24(31)21-14-9-17-30(25(21)32)23(19-10-5-3-6-11-19)20-12-7-4-8-13-20;25-24(26)27-14-13-19(23(32)33)28-21(30)18-12-7-15-29(22(18)31)20(16-8-3-1-4-9-16)17-10-5-2-6-11-17;1-31-24(30)20(14-15-25)26-22(28)19-13-8-16-27(23(19)29)21(17-9-4-2-5-10-17)18-11-6-3-7-12-18;21-18-16(19(22)23)12-7-13-20(18)17(14-8-3-1-4-9-14)15-10-5-2-6-11-15;1-7(11)9-4-3-5(8)6(10)12-2;3-2(4,5)1-6;/h3-14,17,22-23H,15-16H2,1-2H3,(H2,27,28)(H,29,31);1-12,15,19-20H,13-14H2,(H,28,30)(H,32,33)(H4,25,26,27);2-13,16,20-21H,14-15,25H2,1H3,(H,26,28);1-13,17H,(H,22,23);5,9,11H,3-4,8H2,1-2H3;1H;1H/t22-;19-;20-;;5-;;/m000.0../s1. The number of carbonyl (C=O) groups excluding carboxylic acids is 7. The van der Waals surface area contributed by atoms with Crippen LogP contribution in [0.4, 0.5) is 13.2 Å². The first kappa shape index (κ1) is 112. The van der Waals surface area contributed by atoms with Crippen LogP contribution in [0, 0.1) is 0 Å². The smallest absolute Gasteiger partial charge is 0.446 e. The number of carbonyl (C=O) groups is 9. The minimum absolute atomic E-state index is 0. The Morgan fingerprint density at radius 3 is 0.893 bits per heavy atom. The molecule has 140 heavy (non-hydrogen) atoms. The topological polar surface area (TPSA) is 533 Å². The van der Waals surface area contributed by atoms with Crippen molar-refractivity contribution < 1.29 is 85.8 Å². The molecule has 8 aromatic carbocycles. The number of aliphatic carboxylic acids is 1. The Hall–Kier alpha value is -16.3. The molecule has 0 radical (unpaired) electrons. The van der Waals surface area contributed by atoms with E-state index in [9.17, 15) is 80.9 Å². The van der Waals surface area contributed by atoms with Gasteiger partial charge in [0, 0.05) is 37.9 Å². The van der Waals surface area contributed by atoms with E-state index in [-0.39, 0.29) is 85.6 Å². The quantitative estimate of drug-likeness (QED) is 0.00440. The number of pyridine rings is 4. The molecule has 17 N–H and O–H groups in total. The first-order valence-electron chi connectivity index (χ1n) is 43.3. The highest BCUT2D eigenvalue weighted by atomic mass is 35.5. The Morgan fingerprint density at radius 2 is 0.657 bits per heavy atom. The van der Waals surface area contributed by atoms with Crippen molar-refractivity contribution in [2.75, 3.05) is 47.5 Å². The molecule has 0 aliphatic carbocycles. The molecule has 12 rings (SSSR count). The number of alkyl halides is 3. The van der Waals surface area contributed by atoms with Gasteiger partial charge in [0.1, 0.15) is 46.4 Å². The maximum Gasteiger partial charge on any atom is 0.446 e. The summed E-state index contributed by atoms with van der Waals surface area (Å²) in [6, 6.07) is 82.9. The van der Waals surface area contributed by atoms with Crippen LogP contribution in [-0.4, -0.2) is 184 Å². The van der Waals surface area contributed by atoms with Crippen LogP contribution >= 0.6 is 12.4 Å². The lowest BCUT2D eigenvalue weighted by molar-refractivity contribution is -0.156. The fourth-order valence-electron chi connectivity index (χ4n) is 14.0. The molecule has 3 amide bonds. The largest absolute Gasteiger partial charge is 0.480 e. The summed E-state index contributed by atoms with van der Waals surface area (Å²) in [5.41, 5.74) is 31.7. The average molecular weight is 1940 g/mol. The monoisotopic (exact) mass is 1940 g/mol. The number of aromatic nitrogens is 4. The second kappa shape index (κ2) is 58.2. The Labute approximate surface area is 810 Å². The third-order valence-corrected chi connectivity index (χ3v) is 20.6. The molecule has 0 saturated carbocycles. The third-order valence-electron chi connectivity index (χ3n) is 20.6. The maximum absolute atomic E-state index is 13.5. The normalized spacial score (nSPS) is 11.6. The molecular formula is C101H110BClF3N15O19. The molecule has 0 aliphatic rings. The minimum Gasteiger partial charge on any atom is -0.480 e. The molecule has 0 fully saturated rings. The number of nitrogens with zero attached hydrogens (tertiary/aromatic N) is 6. The van der Waals surface area contributed by atoms with Gasteiger partial charge in [-0.1, -0.05) is 243 Å². The second-order valence-corrected chi connectivity index (χ2v) is 30.4. The van der Waals surface area contributed by atoms with E-state index in [0.717, 1.165) is 44.5 Å². The summed E-state index contributed by atoms with van der Waals surface area (Å²) in [5.74, 6) is -6.04. The van der Waals surface area contributed by atoms with Crippen molar-refractivity contribution in [2.24, 2.45) is 38.7 Å². The van der Waals surface area contributed by atoms with E-state index in [4.69, 9.17) is 48.0 Å². The molecular weight excluding hydrogens is 1830 g/mol. The molecule has 0 aliphatic heterocycles.